The molecule has 0 saturated carbocycles. The van der Waals surface area contributed by atoms with E-state index in [1.54, 1.807) is 0 Å². The molecule has 0 fully saturated rings. The Morgan fingerprint density at radius 1 is 0.692 bits per heavy atom. The van der Waals surface area contributed by atoms with Crippen molar-refractivity contribution in [3.63, 3.8) is 0 Å². The van der Waals surface area contributed by atoms with Crippen molar-refractivity contribution in [3.8, 4) is 0 Å². The van der Waals surface area contributed by atoms with Crippen molar-refractivity contribution in [2.75, 3.05) is 0 Å². The number of unbranched alkanes of at least 4 members (excludes halogenated alkanes) is 5. The molecule has 0 aromatic carbocycles. The second kappa shape index (κ2) is 29.5. The van der Waals surface area contributed by atoms with Crippen molar-refractivity contribution in [3.05, 3.63) is 13.8 Å². The van der Waals surface area contributed by atoms with Crippen LogP contribution < -0.4 is 103 Å². The average molecular weight is 235 g/mol. The molecule has 0 aromatic rings. The quantitative estimate of drug-likeness (QED) is 0.306. The van der Waals surface area contributed by atoms with Crippen molar-refractivity contribution >= 4 is 0 Å². The summed E-state index contributed by atoms with van der Waals surface area (Å²) in [6.07, 6.45) is 8.73. The standard InChI is InChI=1S/C6H13.C5H11.2K/c1-3-5-6-4-2;1-3-5-4-2;;/h1,3-6H2,2H3;1,3-5H2,2H3;;/q2*-1;2*+1. The molecule has 70 valence electrons. The van der Waals surface area contributed by atoms with Crippen molar-refractivity contribution in [2.45, 2.75) is 58.8 Å². The molecule has 0 rings (SSSR count). The van der Waals surface area contributed by atoms with E-state index in [0.29, 0.717) is 0 Å². The smallest absolute Gasteiger partial charge is 0.343 e. The molecule has 0 N–H and O–H groups in total. The first kappa shape index (κ1) is 25.2. The summed E-state index contributed by atoms with van der Waals surface area (Å²) in [6, 6.07) is 0. The van der Waals surface area contributed by atoms with Gasteiger partial charge in [0, 0.05) is 0 Å². The Hall–Kier alpha value is 3.27. The van der Waals surface area contributed by atoms with Gasteiger partial charge in [0.05, 0.1) is 0 Å². The van der Waals surface area contributed by atoms with Crippen LogP contribution in [0.2, 0.25) is 0 Å². The van der Waals surface area contributed by atoms with Gasteiger partial charge >= 0.3 is 103 Å². The van der Waals surface area contributed by atoms with Gasteiger partial charge in [-0.3, -0.25) is 0 Å². The minimum absolute atomic E-state index is 0. The van der Waals surface area contributed by atoms with E-state index in [2.05, 4.69) is 27.7 Å². The molecule has 0 unspecified atom stereocenters. The minimum Gasteiger partial charge on any atom is -0.343 e. The van der Waals surface area contributed by atoms with Gasteiger partial charge in [0.1, 0.15) is 0 Å². The first-order chi connectivity index (χ1) is 5.33. The molecule has 0 aromatic heterocycles. The van der Waals surface area contributed by atoms with Crippen LogP contribution in [0.1, 0.15) is 58.8 Å². The van der Waals surface area contributed by atoms with Gasteiger partial charge in [0.2, 0.25) is 0 Å². The first-order valence-electron chi connectivity index (χ1n) is 4.91. The second-order valence-electron chi connectivity index (χ2n) is 2.77. The SMILES string of the molecule is [CH2-]CCCC.[CH2-]CCCCC.[K+].[K+]. The molecule has 0 aliphatic carbocycles. The third-order valence-corrected chi connectivity index (χ3v) is 1.46. The van der Waals surface area contributed by atoms with Crippen LogP contribution in [0.25, 0.3) is 0 Å². The third-order valence-electron chi connectivity index (χ3n) is 1.46. The summed E-state index contributed by atoms with van der Waals surface area (Å²) >= 11 is 0. The molecule has 0 saturated heterocycles. The van der Waals surface area contributed by atoms with E-state index in [4.69, 9.17) is 0 Å². The van der Waals surface area contributed by atoms with Crippen LogP contribution in [0.4, 0.5) is 0 Å². The van der Waals surface area contributed by atoms with Gasteiger partial charge in [-0.25, -0.2) is 0 Å². The number of rotatable bonds is 5. The zero-order chi connectivity index (χ0) is 8.95. The molecule has 0 spiro atoms. The van der Waals surface area contributed by atoms with Gasteiger partial charge in [-0.1, -0.05) is 46.0 Å². The van der Waals surface area contributed by atoms with Crippen LogP contribution >= 0.6 is 0 Å². The van der Waals surface area contributed by atoms with E-state index in [-0.39, 0.29) is 103 Å². The average Bonchev–Trinajstić information content (AvgIpc) is 2.04. The van der Waals surface area contributed by atoms with Gasteiger partial charge in [0.25, 0.3) is 0 Å². The van der Waals surface area contributed by atoms with Crippen LogP contribution in [-0.2, 0) is 0 Å². The molecular weight excluding hydrogens is 210 g/mol. The summed E-state index contributed by atoms with van der Waals surface area (Å²) in [5, 5.41) is 0. The molecule has 0 atom stereocenters. The van der Waals surface area contributed by atoms with Gasteiger partial charge < -0.3 is 13.8 Å². The molecular formula is C11H24K2. The summed E-state index contributed by atoms with van der Waals surface area (Å²) in [6.45, 7) is 11.8. The Balaban J connectivity index is -0.0000000546. The van der Waals surface area contributed by atoms with E-state index >= 15 is 0 Å². The zero-order valence-corrected chi connectivity index (χ0v) is 16.6. The van der Waals surface area contributed by atoms with Crippen molar-refractivity contribution < 1.29 is 103 Å². The van der Waals surface area contributed by atoms with Crippen molar-refractivity contribution in [2.24, 2.45) is 0 Å². The molecule has 0 amide bonds. The fourth-order valence-corrected chi connectivity index (χ4v) is 0.677. The van der Waals surface area contributed by atoms with E-state index in [9.17, 15) is 0 Å². The molecule has 0 aliphatic heterocycles. The summed E-state index contributed by atoms with van der Waals surface area (Å²) in [5.41, 5.74) is 0. The summed E-state index contributed by atoms with van der Waals surface area (Å²) in [7, 11) is 0. The Kier molecular flexibility index (Phi) is 57.2. The van der Waals surface area contributed by atoms with E-state index in [1.807, 2.05) is 0 Å². The topological polar surface area (TPSA) is 0 Å². The Morgan fingerprint density at radius 2 is 1.08 bits per heavy atom. The van der Waals surface area contributed by atoms with Crippen LogP contribution in [0.5, 0.6) is 0 Å². The Morgan fingerprint density at radius 3 is 1.15 bits per heavy atom. The molecule has 13 heavy (non-hydrogen) atoms. The van der Waals surface area contributed by atoms with Crippen LogP contribution in [-0.4, -0.2) is 0 Å². The normalized spacial score (nSPS) is 7.38. The maximum absolute atomic E-state index is 3.72. The monoisotopic (exact) mass is 234 g/mol. The van der Waals surface area contributed by atoms with E-state index < -0.39 is 0 Å². The van der Waals surface area contributed by atoms with Gasteiger partial charge in [0.15, 0.2) is 0 Å². The van der Waals surface area contributed by atoms with Crippen LogP contribution in [0.15, 0.2) is 0 Å². The van der Waals surface area contributed by atoms with E-state index in [1.165, 1.54) is 32.1 Å². The predicted octanol–water partition coefficient (Wildman–Crippen LogP) is -1.58. The molecule has 2 heteroatoms. The van der Waals surface area contributed by atoms with Crippen LogP contribution in [0.3, 0.4) is 0 Å². The largest absolute Gasteiger partial charge is 1.00 e. The van der Waals surface area contributed by atoms with Crippen molar-refractivity contribution in [1.29, 1.82) is 0 Å². The molecule has 0 aliphatic rings. The van der Waals surface area contributed by atoms with Crippen molar-refractivity contribution in [1.82, 2.24) is 0 Å². The molecule has 0 heterocycles. The molecule has 0 radical (unpaired) electrons. The minimum atomic E-state index is 0. The molecule has 0 bridgehead atoms. The zero-order valence-electron chi connectivity index (χ0n) is 10.4. The number of hydrogen-bond acceptors (Lipinski definition) is 0. The van der Waals surface area contributed by atoms with Gasteiger partial charge in [-0.15, -0.1) is 0 Å². The Labute approximate surface area is 171 Å². The van der Waals surface area contributed by atoms with Crippen LogP contribution in [0, 0.1) is 13.8 Å². The number of hydrogen-bond donors (Lipinski definition) is 0. The maximum Gasteiger partial charge on any atom is 1.00 e. The van der Waals surface area contributed by atoms with E-state index in [0.717, 1.165) is 12.8 Å². The predicted molar refractivity (Wildman–Crippen MR) is 54.4 cm³/mol. The summed E-state index contributed by atoms with van der Waals surface area (Å²) < 4.78 is 0. The summed E-state index contributed by atoms with van der Waals surface area (Å²) in [4.78, 5) is 0. The fourth-order valence-electron chi connectivity index (χ4n) is 0.677. The summed E-state index contributed by atoms with van der Waals surface area (Å²) in [5.74, 6) is 0. The van der Waals surface area contributed by atoms with Gasteiger partial charge in [-0.2, -0.15) is 12.8 Å². The second-order valence-corrected chi connectivity index (χ2v) is 2.77. The maximum atomic E-state index is 3.72. The van der Waals surface area contributed by atoms with Gasteiger partial charge in [-0.05, 0) is 0 Å². The molecule has 0 nitrogen and oxygen atoms in total. The third kappa shape index (κ3) is 39.3. The first-order valence-corrected chi connectivity index (χ1v) is 4.91. The Bertz CT molecular complexity index is 41.4. The fraction of sp³-hybridized carbons (Fsp3) is 0.818.